The van der Waals surface area contributed by atoms with Gasteiger partial charge >= 0.3 is 0 Å². The maximum absolute atomic E-state index is 12.8. The minimum absolute atomic E-state index is 0.000677. The molecule has 28 heavy (non-hydrogen) atoms. The lowest BCUT2D eigenvalue weighted by atomic mass is 10.0. The first-order chi connectivity index (χ1) is 13.7. The highest BCUT2D eigenvalue weighted by atomic mass is 16.5. The summed E-state index contributed by atoms with van der Waals surface area (Å²) in [6.45, 7) is 5.23. The fraction of sp³-hybridized carbons (Fsp3) is 0.333. The highest BCUT2D eigenvalue weighted by Gasteiger charge is 2.21. The number of rotatable bonds is 5. The van der Waals surface area contributed by atoms with Crippen molar-refractivity contribution < 1.29 is 14.3 Å². The molecular weight excluding hydrogens is 356 g/mol. The Hall–Kier alpha value is -3.06. The van der Waals surface area contributed by atoms with Crippen molar-refractivity contribution in [3.63, 3.8) is 0 Å². The molecule has 0 aliphatic carbocycles. The van der Waals surface area contributed by atoms with Gasteiger partial charge in [0.05, 0.1) is 26.0 Å². The van der Waals surface area contributed by atoms with E-state index in [-0.39, 0.29) is 5.91 Å². The number of hydrogen-bond donors (Lipinski definition) is 2. The Bertz CT molecular complexity index is 992. The number of methoxy groups -OCH3 is 1. The van der Waals surface area contributed by atoms with Crippen molar-refractivity contribution in [1.29, 1.82) is 0 Å². The summed E-state index contributed by atoms with van der Waals surface area (Å²) in [5, 5.41) is 4.46. The van der Waals surface area contributed by atoms with Crippen LogP contribution in [-0.4, -0.2) is 60.7 Å². The van der Waals surface area contributed by atoms with E-state index < -0.39 is 0 Å². The SMILES string of the molecule is CCNc1c(-c2ccc(C(=O)N3CCOCC3)cc2OC)cnc2[nH]ccc12. The fourth-order valence-corrected chi connectivity index (χ4v) is 3.58. The molecule has 0 spiro atoms. The smallest absolute Gasteiger partial charge is 0.254 e. The van der Waals surface area contributed by atoms with E-state index in [1.165, 1.54) is 0 Å². The monoisotopic (exact) mass is 380 g/mol. The number of pyridine rings is 1. The Morgan fingerprint density at radius 2 is 2.11 bits per heavy atom. The van der Waals surface area contributed by atoms with Crippen LogP contribution in [0.25, 0.3) is 22.2 Å². The maximum Gasteiger partial charge on any atom is 0.254 e. The zero-order chi connectivity index (χ0) is 19.5. The normalized spacial score (nSPS) is 14.3. The fourth-order valence-electron chi connectivity index (χ4n) is 3.58. The maximum atomic E-state index is 12.8. The molecule has 1 aliphatic heterocycles. The summed E-state index contributed by atoms with van der Waals surface area (Å²) < 4.78 is 11.0. The highest BCUT2D eigenvalue weighted by Crippen LogP contribution is 2.38. The third kappa shape index (κ3) is 3.29. The molecule has 0 atom stereocenters. The van der Waals surface area contributed by atoms with Crippen molar-refractivity contribution in [2.45, 2.75) is 6.92 Å². The third-order valence-electron chi connectivity index (χ3n) is 4.98. The van der Waals surface area contributed by atoms with Gasteiger partial charge in [0, 0.05) is 54.1 Å². The number of ether oxygens (including phenoxy) is 2. The van der Waals surface area contributed by atoms with Gasteiger partial charge in [0.15, 0.2) is 0 Å². The number of hydrogen-bond acceptors (Lipinski definition) is 5. The molecular formula is C21H24N4O3. The number of carbonyl (C=O) groups excluding carboxylic acids is 1. The molecule has 1 aromatic carbocycles. The van der Waals surface area contributed by atoms with Crippen LogP contribution >= 0.6 is 0 Å². The molecule has 0 unspecified atom stereocenters. The lowest BCUT2D eigenvalue weighted by molar-refractivity contribution is 0.0302. The average molecular weight is 380 g/mol. The van der Waals surface area contributed by atoms with Gasteiger partial charge in [-0.2, -0.15) is 0 Å². The number of nitrogens with one attached hydrogen (secondary N) is 2. The van der Waals surface area contributed by atoms with Crippen LogP contribution in [0.15, 0.2) is 36.7 Å². The Kier molecular flexibility index (Phi) is 5.16. The van der Waals surface area contributed by atoms with E-state index in [1.807, 2.05) is 41.6 Å². The van der Waals surface area contributed by atoms with Gasteiger partial charge in [0.1, 0.15) is 11.4 Å². The number of aromatic nitrogens is 2. The van der Waals surface area contributed by atoms with Crippen molar-refractivity contribution in [2.24, 2.45) is 0 Å². The summed E-state index contributed by atoms with van der Waals surface area (Å²) in [7, 11) is 1.62. The number of anilines is 1. The average Bonchev–Trinajstić information content (AvgIpc) is 3.23. The second kappa shape index (κ2) is 7.90. The molecule has 0 bridgehead atoms. The van der Waals surface area contributed by atoms with Gasteiger partial charge in [-0.05, 0) is 31.2 Å². The number of nitrogens with zero attached hydrogens (tertiary/aromatic N) is 2. The standard InChI is InChI=1S/C21H24N4O3/c1-3-22-19-16-6-7-23-20(16)24-13-17(19)15-5-4-14(12-18(15)27-2)21(26)25-8-10-28-11-9-25/h4-7,12-13H,3,8-11H2,1-2H3,(H2,22,23,24). The van der Waals surface area contributed by atoms with Crippen molar-refractivity contribution >= 4 is 22.6 Å². The second-order valence-corrected chi connectivity index (χ2v) is 6.64. The molecule has 0 radical (unpaired) electrons. The van der Waals surface area contributed by atoms with Crippen LogP contribution in [0.3, 0.4) is 0 Å². The van der Waals surface area contributed by atoms with Crippen LogP contribution < -0.4 is 10.1 Å². The van der Waals surface area contributed by atoms with E-state index in [0.717, 1.165) is 34.4 Å². The van der Waals surface area contributed by atoms with Crippen LogP contribution in [-0.2, 0) is 4.74 Å². The predicted octanol–water partition coefficient (Wildman–Crippen LogP) is 3.14. The number of fused-ring (bicyclic) bond motifs is 1. The third-order valence-corrected chi connectivity index (χ3v) is 4.98. The van der Waals surface area contributed by atoms with Gasteiger partial charge in [-0.15, -0.1) is 0 Å². The first-order valence-corrected chi connectivity index (χ1v) is 9.48. The van der Waals surface area contributed by atoms with Crippen LogP contribution in [0.1, 0.15) is 17.3 Å². The van der Waals surface area contributed by atoms with Crippen molar-refractivity contribution in [2.75, 3.05) is 45.3 Å². The van der Waals surface area contributed by atoms with Crippen molar-refractivity contribution in [3.05, 3.63) is 42.2 Å². The Balaban J connectivity index is 1.75. The molecule has 0 saturated carbocycles. The van der Waals surface area contributed by atoms with Crippen molar-refractivity contribution in [1.82, 2.24) is 14.9 Å². The van der Waals surface area contributed by atoms with Crippen molar-refractivity contribution in [3.8, 4) is 16.9 Å². The Morgan fingerprint density at radius 3 is 2.86 bits per heavy atom. The second-order valence-electron chi connectivity index (χ2n) is 6.64. The number of morpholine rings is 1. The van der Waals surface area contributed by atoms with Crippen LogP contribution in [0.4, 0.5) is 5.69 Å². The first-order valence-electron chi connectivity index (χ1n) is 9.48. The zero-order valence-electron chi connectivity index (χ0n) is 16.1. The molecule has 4 rings (SSSR count). The molecule has 3 heterocycles. The molecule has 1 fully saturated rings. The lowest BCUT2D eigenvalue weighted by Gasteiger charge is -2.27. The number of carbonyl (C=O) groups is 1. The molecule has 1 aliphatic rings. The number of benzene rings is 1. The van der Waals surface area contributed by atoms with Crippen LogP contribution in [0.2, 0.25) is 0 Å². The van der Waals surface area contributed by atoms with E-state index >= 15 is 0 Å². The molecule has 2 N–H and O–H groups in total. The highest BCUT2D eigenvalue weighted by molar-refractivity contribution is 6.00. The largest absolute Gasteiger partial charge is 0.496 e. The van der Waals surface area contributed by atoms with E-state index in [4.69, 9.17) is 9.47 Å². The molecule has 7 nitrogen and oxygen atoms in total. The number of amides is 1. The van der Waals surface area contributed by atoms with Gasteiger partial charge in [0.25, 0.3) is 5.91 Å². The topological polar surface area (TPSA) is 79.5 Å². The first kappa shape index (κ1) is 18.3. The summed E-state index contributed by atoms with van der Waals surface area (Å²) >= 11 is 0. The Morgan fingerprint density at radius 1 is 1.29 bits per heavy atom. The Labute approximate surface area is 163 Å². The van der Waals surface area contributed by atoms with E-state index in [0.29, 0.717) is 37.6 Å². The summed E-state index contributed by atoms with van der Waals surface area (Å²) in [5.74, 6) is 0.647. The molecule has 3 aromatic rings. The minimum atomic E-state index is -0.000677. The van der Waals surface area contributed by atoms with Gasteiger partial charge in [-0.1, -0.05) is 0 Å². The number of aromatic amines is 1. The molecule has 1 amide bonds. The molecule has 7 heteroatoms. The van der Waals surface area contributed by atoms with Crippen LogP contribution in [0, 0.1) is 0 Å². The zero-order valence-corrected chi connectivity index (χ0v) is 16.1. The van der Waals surface area contributed by atoms with E-state index in [1.54, 1.807) is 7.11 Å². The summed E-state index contributed by atoms with van der Waals surface area (Å²) in [5.41, 5.74) is 4.28. The van der Waals surface area contributed by atoms with Crippen LogP contribution in [0.5, 0.6) is 5.75 Å². The quantitative estimate of drug-likeness (QED) is 0.711. The number of H-pyrrole nitrogens is 1. The van der Waals surface area contributed by atoms with Gasteiger partial charge in [-0.3, -0.25) is 4.79 Å². The van der Waals surface area contributed by atoms with Gasteiger partial charge in [0.2, 0.25) is 0 Å². The minimum Gasteiger partial charge on any atom is -0.496 e. The molecule has 1 saturated heterocycles. The predicted molar refractivity (Wildman–Crippen MR) is 109 cm³/mol. The van der Waals surface area contributed by atoms with E-state index in [9.17, 15) is 4.79 Å². The van der Waals surface area contributed by atoms with Gasteiger partial charge < -0.3 is 24.7 Å². The molecule has 146 valence electrons. The summed E-state index contributed by atoms with van der Waals surface area (Å²) in [6.07, 6.45) is 3.71. The summed E-state index contributed by atoms with van der Waals surface area (Å²) in [4.78, 5) is 22.3. The molecule has 2 aromatic heterocycles. The van der Waals surface area contributed by atoms with E-state index in [2.05, 4.69) is 22.2 Å². The van der Waals surface area contributed by atoms with Gasteiger partial charge in [-0.25, -0.2) is 4.98 Å². The lowest BCUT2D eigenvalue weighted by Crippen LogP contribution is -2.40. The summed E-state index contributed by atoms with van der Waals surface area (Å²) in [6, 6.07) is 7.60.